The number of nitrogens with zero attached hydrogens (tertiary/aromatic N) is 2. The van der Waals surface area contributed by atoms with Crippen molar-refractivity contribution in [3.63, 3.8) is 0 Å². The van der Waals surface area contributed by atoms with Gasteiger partial charge in [0.05, 0.1) is 20.9 Å². The van der Waals surface area contributed by atoms with Crippen LogP contribution in [-0.4, -0.2) is 55.9 Å². The highest BCUT2D eigenvalue weighted by Gasteiger charge is 2.37. The minimum Gasteiger partial charge on any atom is -0.481 e. The maximum Gasteiger partial charge on any atom is 0.307 e. The Morgan fingerprint density at radius 3 is 2.44 bits per heavy atom. The molecule has 6 nitrogen and oxygen atoms in total. The van der Waals surface area contributed by atoms with Gasteiger partial charge in [-0.2, -0.15) is 0 Å². The first-order valence-corrected chi connectivity index (χ1v) is 12.7. The number of piperazine rings is 1. The lowest BCUT2D eigenvalue weighted by Gasteiger charge is -2.39. The third-order valence-corrected chi connectivity index (χ3v) is 9.13. The van der Waals surface area contributed by atoms with Gasteiger partial charge in [-0.1, -0.05) is 41.4 Å². The standard InChI is InChI=1S/C23H24Cl2N2O4S/c1-2-22(27-10-8-26(9-11-27)17-6-7-19(24)20(25)14-17)32(30,31)21-5-3-4-15-12-16(23(28)29)13-18(15)21/h2-7,14,16,22H,1,8-13H2,(H,28,29). The second-order valence-corrected chi connectivity index (χ2v) is 11.0. The van der Waals surface area contributed by atoms with Crippen LogP contribution in [0.5, 0.6) is 0 Å². The first kappa shape index (κ1) is 23.1. The fourth-order valence-electron chi connectivity index (χ4n) is 4.58. The van der Waals surface area contributed by atoms with Gasteiger partial charge in [-0.05, 0) is 48.2 Å². The monoisotopic (exact) mass is 494 g/mol. The summed E-state index contributed by atoms with van der Waals surface area (Å²) in [6.07, 6.45) is 2.05. The number of benzene rings is 2. The third kappa shape index (κ3) is 4.27. The fraction of sp³-hybridized carbons (Fsp3) is 0.348. The quantitative estimate of drug-likeness (QED) is 0.613. The van der Waals surface area contributed by atoms with Gasteiger partial charge in [0.2, 0.25) is 0 Å². The van der Waals surface area contributed by atoms with E-state index >= 15 is 0 Å². The zero-order valence-electron chi connectivity index (χ0n) is 17.4. The Kier molecular flexibility index (Phi) is 6.54. The first-order valence-electron chi connectivity index (χ1n) is 10.4. The molecule has 0 amide bonds. The molecule has 0 saturated carbocycles. The number of carboxylic acid groups (broad SMARTS) is 1. The van der Waals surface area contributed by atoms with Crippen molar-refractivity contribution in [2.45, 2.75) is 23.1 Å². The molecule has 9 heteroatoms. The highest BCUT2D eigenvalue weighted by molar-refractivity contribution is 7.92. The van der Waals surface area contributed by atoms with Crippen molar-refractivity contribution in [1.82, 2.24) is 4.90 Å². The zero-order chi connectivity index (χ0) is 23.0. The van der Waals surface area contributed by atoms with E-state index in [4.69, 9.17) is 23.2 Å². The van der Waals surface area contributed by atoms with E-state index in [2.05, 4.69) is 11.5 Å². The number of rotatable bonds is 6. The number of aliphatic carboxylic acids is 1. The van der Waals surface area contributed by atoms with Gasteiger partial charge in [0, 0.05) is 31.9 Å². The van der Waals surface area contributed by atoms with E-state index in [-0.39, 0.29) is 11.3 Å². The van der Waals surface area contributed by atoms with E-state index in [1.54, 1.807) is 18.2 Å². The predicted molar refractivity (Wildman–Crippen MR) is 126 cm³/mol. The average Bonchev–Trinajstić information content (AvgIpc) is 3.21. The van der Waals surface area contributed by atoms with Crippen LogP contribution in [0.2, 0.25) is 10.0 Å². The predicted octanol–water partition coefficient (Wildman–Crippen LogP) is 3.90. The number of hydrogen-bond acceptors (Lipinski definition) is 5. The van der Waals surface area contributed by atoms with E-state index in [9.17, 15) is 18.3 Å². The Balaban J connectivity index is 1.54. The van der Waals surface area contributed by atoms with Gasteiger partial charge in [-0.3, -0.25) is 9.69 Å². The molecule has 170 valence electrons. The van der Waals surface area contributed by atoms with Crippen LogP contribution in [0.1, 0.15) is 11.1 Å². The normalized spacial score (nSPS) is 20.1. The molecule has 2 aromatic carbocycles. The lowest BCUT2D eigenvalue weighted by molar-refractivity contribution is -0.141. The molecular formula is C23H24Cl2N2O4S. The molecule has 0 spiro atoms. The third-order valence-electron chi connectivity index (χ3n) is 6.26. The van der Waals surface area contributed by atoms with E-state index in [1.807, 2.05) is 23.1 Å². The SMILES string of the molecule is C=CC(N1CCN(c2ccc(Cl)c(Cl)c2)CC1)S(=O)(=O)c1cccc2c1CC(C(=O)O)C2. The molecule has 1 fully saturated rings. The molecule has 0 aromatic heterocycles. The van der Waals surface area contributed by atoms with Gasteiger partial charge < -0.3 is 10.0 Å². The summed E-state index contributed by atoms with van der Waals surface area (Å²) in [5.41, 5.74) is 2.37. The summed E-state index contributed by atoms with van der Waals surface area (Å²) in [5.74, 6) is -1.48. The highest BCUT2D eigenvalue weighted by Crippen LogP contribution is 2.35. The smallest absolute Gasteiger partial charge is 0.307 e. The van der Waals surface area contributed by atoms with Gasteiger partial charge in [-0.25, -0.2) is 8.42 Å². The Labute approximate surface area is 198 Å². The number of anilines is 1. The average molecular weight is 495 g/mol. The molecule has 4 rings (SSSR count). The second kappa shape index (κ2) is 9.06. The van der Waals surface area contributed by atoms with Gasteiger partial charge >= 0.3 is 5.97 Å². The number of halogens is 2. The Bertz CT molecular complexity index is 1160. The van der Waals surface area contributed by atoms with Crippen LogP contribution in [-0.2, 0) is 27.5 Å². The van der Waals surface area contributed by atoms with Crippen molar-refractivity contribution >= 4 is 44.7 Å². The lowest BCUT2D eigenvalue weighted by Crippen LogP contribution is -2.52. The molecule has 1 aliphatic carbocycles. The van der Waals surface area contributed by atoms with E-state index < -0.39 is 27.1 Å². The number of hydrogen-bond donors (Lipinski definition) is 1. The summed E-state index contributed by atoms with van der Waals surface area (Å²) in [7, 11) is -3.76. The van der Waals surface area contributed by atoms with Crippen LogP contribution in [0.4, 0.5) is 5.69 Å². The van der Waals surface area contributed by atoms with Crippen LogP contribution in [0.25, 0.3) is 0 Å². The van der Waals surface area contributed by atoms with E-state index in [1.165, 1.54) is 6.08 Å². The number of sulfone groups is 1. The Morgan fingerprint density at radius 1 is 1.09 bits per heavy atom. The van der Waals surface area contributed by atoms with Crippen molar-refractivity contribution in [3.8, 4) is 0 Å². The summed E-state index contributed by atoms with van der Waals surface area (Å²) >= 11 is 12.1. The fourth-order valence-corrected chi connectivity index (χ4v) is 6.81. The zero-order valence-corrected chi connectivity index (χ0v) is 19.7. The van der Waals surface area contributed by atoms with Gasteiger partial charge in [-0.15, -0.1) is 6.58 Å². The number of fused-ring (bicyclic) bond motifs is 1. The topological polar surface area (TPSA) is 77.9 Å². The summed E-state index contributed by atoms with van der Waals surface area (Å²) in [6.45, 7) is 6.13. The molecular weight excluding hydrogens is 471 g/mol. The summed E-state index contributed by atoms with van der Waals surface area (Å²) in [4.78, 5) is 15.7. The van der Waals surface area contributed by atoms with Crippen molar-refractivity contribution in [2.24, 2.45) is 5.92 Å². The Morgan fingerprint density at radius 2 is 1.81 bits per heavy atom. The molecule has 2 aliphatic rings. The number of carbonyl (C=O) groups is 1. The molecule has 2 aromatic rings. The van der Waals surface area contributed by atoms with Crippen LogP contribution in [0.3, 0.4) is 0 Å². The van der Waals surface area contributed by atoms with E-state index in [0.29, 0.717) is 48.2 Å². The van der Waals surface area contributed by atoms with Crippen molar-refractivity contribution in [2.75, 3.05) is 31.1 Å². The summed E-state index contributed by atoms with van der Waals surface area (Å²) < 4.78 is 27.3. The molecule has 1 aliphatic heterocycles. The highest BCUT2D eigenvalue weighted by atomic mass is 35.5. The molecule has 0 bridgehead atoms. The largest absolute Gasteiger partial charge is 0.481 e. The lowest BCUT2D eigenvalue weighted by atomic mass is 10.1. The minimum absolute atomic E-state index is 0.218. The van der Waals surface area contributed by atoms with Crippen LogP contribution in [0.15, 0.2) is 53.9 Å². The second-order valence-electron chi connectivity index (χ2n) is 8.13. The van der Waals surface area contributed by atoms with Crippen molar-refractivity contribution in [1.29, 1.82) is 0 Å². The van der Waals surface area contributed by atoms with Crippen LogP contribution >= 0.6 is 23.2 Å². The van der Waals surface area contributed by atoms with Gasteiger partial charge in [0.15, 0.2) is 9.84 Å². The molecule has 1 heterocycles. The summed E-state index contributed by atoms with van der Waals surface area (Å²) in [5, 5.41) is 9.49. The van der Waals surface area contributed by atoms with Gasteiger partial charge in [0.1, 0.15) is 5.37 Å². The molecule has 1 N–H and O–H groups in total. The molecule has 32 heavy (non-hydrogen) atoms. The minimum atomic E-state index is -3.76. The van der Waals surface area contributed by atoms with Crippen LogP contribution in [0, 0.1) is 5.92 Å². The van der Waals surface area contributed by atoms with Gasteiger partial charge in [0.25, 0.3) is 0 Å². The number of carboxylic acids is 1. The molecule has 2 unspecified atom stereocenters. The molecule has 1 saturated heterocycles. The van der Waals surface area contributed by atoms with Crippen molar-refractivity contribution < 1.29 is 18.3 Å². The first-order chi connectivity index (χ1) is 15.2. The Hall–Kier alpha value is -2.06. The van der Waals surface area contributed by atoms with Crippen LogP contribution < -0.4 is 4.90 Å². The summed E-state index contributed by atoms with van der Waals surface area (Å²) in [6, 6.07) is 10.6. The van der Waals surface area contributed by atoms with Crippen molar-refractivity contribution in [3.05, 3.63) is 70.2 Å². The molecule has 2 atom stereocenters. The van der Waals surface area contributed by atoms with E-state index in [0.717, 1.165) is 11.3 Å². The maximum atomic E-state index is 13.6. The maximum absolute atomic E-state index is 13.6. The molecule has 0 radical (unpaired) electrons.